The molecule has 0 unspecified atom stereocenters. The van der Waals surface area contributed by atoms with Crippen LogP contribution in [0.2, 0.25) is 0 Å². The van der Waals surface area contributed by atoms with E-state index in [9.17, 15) is 4.79 Å². The molecule has 7 heteroatoms. The lowest BCUT2D eigenvalue weighted by molar-refractivity contribution is -0.110. The molecular weight excluding hydrogens is 390 g/mol. The van der Waals surface area contributed by atoms with Gasteiger partial charge in [-0.25, -0.2) is 9.97 Å². The third kappa shape index (κ3) is 4.03. The molecule has 7 nitrogen and oxygen atoms in total. The van der Waals surface area contributed by atoms with Gasteiger partial charge in [0.05, 0.1) is 23.8 Å². The molecule has 4 heterocycles. The molecule has 0 atom stereocenters. The molecule has 1 fully saturated rings. The molecule has 3 aliphatic rings. The van der Waals surface area contributed by atoms with Crippen LogP contribution in [-0.4, -0.2) is 38.7 Å². The third-order valence-corrected chi connectivity index (χ3v) is 5.78. The molecule has 0 saturated carbocycles. The Bertz CT molecular complexity index is 1180. The summed E-state index contributed by atoms with van der Waals surface area (Å²) in [6.45, 7) is 4.61. The van der Waals surface area contributed by atoms with Gasteiger partial charge in [-0.1, -0.05) is 24.1 Å². The number of hydrogen-bond acceptors (Lipinski definition) is 7. The lowest BCUT2D eigenvalue weighted by atomic mass is 9.97. The van der Waals surface area contributed by atoms with Crippen molar-refractivity contribution in [2.24, 2.45) is 5.92 Å². The summed E-state index contributed by atoms with van der Waals surface area (Å²) in [7, 11) is 0. The van der Waals surface area contributed by atoms with Crippen LogP contribution in [0.15, 0.2) is 60.5 Å². The van der Waals surface area contributed by atoms with Gasteiger partial charge in [-0.15, -0.1) is 0 Å². The fraction of sp³-hybridized carbons (Fsp3) is 0.292. The molecule has 0 aliphatic carbocycles. The van der Waals surface area contributed by atoms with Crippen molar-refractivity contribution in [3.05, 3.63) is 72.0 Å². The highest BCUT2D eigenvalue weighted by atomic mass is 16.5. The van der Waals surface area contributed by atoms with E-state index in [4.69, 9.17) is 9.72 Å². The van der Waals surface area contributed by atoms with Crippen LogP contribution in [-0.2, 0) is 16.1 Å². The average Bonchev–Trinajstić information content (AvgIpc) is 3.23. The maximum atomic E-state index is 12.5. The number of fused-ring (bicyclic) bond motifs is 2. The van der Waals surface area contributed by atoms with E-state index in [-0.39, 0.29) is 11.7 Å². The number of benzene rings is 1. The number of nitrogens with zero attached hydrogens (tertiary/aromatic N) is 4. The predicted molar refractivity (Wildman–Crippen MR) is 116 cm³/mol. The summed E-state index contributed by atoms with van der Waals surface area (Å²) in [5.74, 6) is 6.90. The van der Waals surface area contributed by atoms with Crippen LogP contribution in [0.4, 0.5) is 0 Å². The zero-order valence-corrected chi connectivity index (χ0v) is 17.3. The lowest BCUT2D eigenvalue weighted by Crippen LogP contribution is -2.33. The van der Waals surface area contributed by atoms with Crippen molar-refractivity contribution in [1.29, 1.82) is 0 Å². The Morgan fingerprint density at radius 1 is 1.26 bits per heavy atom. The first-order chi connectivity index (χ1) is 15.2. The van der Waals surface area contributed by atoms with Crippen LogP contribution in [0.3, 0.4) is 0 Å². The number of allylic oxidation sites excluding steroid dienone is 1. The summed E-state index contributed by atoms with van der Waals surface area (Å²) in [5, 5.41) is 2.83. The number of Topliss-reactive ketones (excluding diaryl/α,β-unsaturated/α-hetero) is 1. The number of para-hydroxylation sites is 1. The number of carbonyl (C=O) groups excluding carboxylic acids is 1. The Hall–Kier alpha value is -3.63. The van der Waals surface area contributed by atoms with Gasteiger partial charge in [0.15, 0.2) is 0 Å². The van der Waals surface area contributed by atoms with Crippen molar-refractivity contribution in [2.45, 2.75) is 26.3 Å². The minimum atomic E-state index is -0.192. The van der Waals surface area contributed by atoms with E-state index in [0.717, 1.165) is 54.9 Å². The normalized spacial score (nSPS) is 18.4. The SMILES string of the molecule is Cc1nc(CN2CCC(C#CC(=O)C3=CNN4C=COC=C34)CC2)nc2ccccc12. The highest BCUT2D eigenvalue weighted by Crippen LogP contribution is 2.23. The van der Waals surface area contributed by atoms with Gasteiger partial charge in [0, 0.05) is 23.2 Å². The Kier molecular flexibility index (Phi) is 5.14. The van der Waals surface area contributed by atoms with Crippen molar-refractivity contribution >= 4 is 16.7 Å². The van der Waals surface area contributed by atoms with Crippen LogP contribution in [0.25, 0.3) is 10.9 Å². The van der Waals surface area contributed by atoms with E-state index in [1.165, 1.54) is 0 Å². The summed E-state index contributed by atoms with van der Waals surface area (Å²) in [4.78, 5) is 24.3. The van der Waals surface area contributed by atoms with Gasteiger partial charge in [0.25, 0.3) is 0 Å². The summed E-state index contributed by atoms with van der Waals surface area (Å²) in [5.41, 5.74) is 6.22. The number of hydrazine groups is 1. The number of nitrogens with one attached hydrogen (secondary N) is 1. The van der Waals surface area contributed by atoms with E-state index in [1.807, 2.05) is 25.1 Å². The number of carbonyl (C=O) groups is 1. The Labute approximate surface area is 181 Å². The monoisotopic (exact) mass is 413 g/mol. The van der Waals surface area contributed by atoms with Crippen molar-refractivity contribution < 1.29 is 9.53 Å². The van der Waals surface area contributed by atoms with Crippen LogP contribution < -0.4 is 5.43 Å². The third-order valence-electron chi connectivity index (χ3n) is 5.78. The van der Waals surface area contributed by atoms with Gasteiger partial charge in [-0.05, 0) is 44.8 Å². The molecule has 0 spiro atoms. The van der Waals surface area contributed by atoms with Crippen molar-refractivity contribution in [3.8, 4) is 11.8 Å². The second kappa shape index (κ2) is 8.25. The molecule has 1 aromatic carbocycles. The lowest BCUT2D eigenvalue weighted by Gasteiger charge is -2.29. The molecule has 156 valence electrons. The zero-order chi connectivity index (χ0) is 21.2. The molecule has 0 bridgehead atoms. The minimum Gasteiger partial charge on any atom is -0.469 e. The quantitative estimate of drug-likeness (QED) is 0.613. The fourth-order valence-corrected chi connectivity index (χ4v) is 4.07. The van der Waals surface area contributed by atoms with Gasteiger partial charge >= 0.3 is 0 Å². The molecule has 0 amide bonds. The van der Waals surface area contributed by atoms with Gasteiger partial charge in [0.1, 0.15) is 24.0 Å². The molecule has 3 aliphatic heterocycles. The first-order valence-electron chi connectivity index (χ1n) is 10.5. The average molecular weight is 413 g/mol. The van der Waals surface area contributed by atoms with E-state index in [1.54, 1.807) is 29.9 Å². The summed E-state index contributed by atoms with van der Waals surface area (Å²) in [6, 6.07) is 8.12. The number of likely N-dealkylation sites (tertiary alicyclic amines) is 1. The van der Waals surface area contributed by atoms with Crippen LogP contribution in [0, 0.1) is 24.7 Å². The molecule has 2 aromatic rings. The predicted octanol–water partition coefficient (Wildman–Crippen LogP) is 2.77. The number of rotatable bonds is 3. The maximum absolute atomic E-state index is 12.5. The number of ketones is 1. The summed E-state index contributed by atoms with van der Waals surface area (Å²) in [6.07, 6.45) is 8.34. The van der Waals surface area contributed by atoms with Crippen LogP contribution in [0.5, 0.6) is 0 Å². The van der Waals surface area contributed by atoms with E-state index < -0.39 is 0 Å². The van der Waals surface area contributed by atoms with Gasteiger partial charge in [-0.3, -0.25) is 14.7 Å². The van der Waals surface area contributed by atoms with E-state index in [0.29, 0.717) is 11.3 Å². The first kappa shape index (κ1) is 19.3. The Morgan fingerprint density at radius 2 is 2.10 bits per heavy atom. The molecule has 5 rings (SSSR count). The van der Waals surface area contributed by atoms with E-state index in [2.05, 4.69) is 33.2 Å². The minimum absolute atomic E-state index is 0.192. The first-order valence-corrected chi connectivity index (χ1v) is 10.5. The van der Waals surface area contributed by atoms with Crippen molar-refractivity contribution in [1.82, 2.24) is 25.3 Å². The molecule has 0 radical (unpaired) electrons. The zero-order valence-electron chi connectivity index (χ0n) is 17.3. The summed E-state index contributed by atoms with van der Waals surface area (Å²) < 4.78 is 5.17. The number of hydrogen-bond donors (Lipinski definition) is 1. The Morgan fingerprint density at radius 3 is 2.97 bits per heavy atom. The second-order valence-electron chi connectivity index (χ2n) is 7.87. The maximum Gasteiger partial charge on any atom is 0.239 e. The number of ether oxygens (including phenoxy) is 1. The van der Waals surface area contributed by atoms with Crippen molar-refractivity contribution in [2.75, 3.05) is 13.1 Å². The highest BCUT2D eigenvalue weighted by Gasteiger charge is 2.25. The second-order valence-corrected chi connectivity index (χ2v) is 7.87. The van der Waals surface area contributed by atoms with Gasteiger partial charge in [0.2, 0.25) is 5.78 Å². The molecule has 1 aromatic heterocycles. The topological polar surface area (TPSA) is 70.6 Å². The number of piperidine rings is 1. The molecular formula is C24H23N5O2. The van der Waals surface area contributed by atoms with Crippen LogP contribution >= 0.6 is 0 Å². The van der Waals surface area contributed by atoms with Crippen molar-refractivity contribution in [3.63, 3.8) is 0 Å². The number of aryl methyl sites for hydroxylation is 1. The largest absolute Gasteiger partial charge is 0.469 e. The molecule has 1 saturated heterocycles. The molecule has 31 heavy (non-hydrogen) atoms. The van der Waals surface area contributed by atoms with Crippen LogP contribution in [0.1, 0.15) is 24.4 Å². The highest BCUT2D eigenvalue weighted by molar-refractivity contribution is 6.11. The standard InChI is InChI=1S/C24H23N5O2/c1-17-19-4-2-3-5-21(19)27-24(26-17)15-28-10-8-18(9-11-28)6-7-23(30)20-14-25-29-12-13-31-16-22(20)29/h2-5,12-14,16,18,25H,8-11,15H2,1H3. The van der Waals surface area contributed by atoms with Gasteiger partial charge < -0.3 is 10.2 Å². The number of aromatic nitrogens is 2. The fourth-order valence-electron chi connectivity index (χ4n) is 4.07. The smallest absolute Gasteiger partial charge is 0.239 e. The van der Waals surface area contributed by atoms with Gasteiger partial charge in [-0.2, -0.15) is 0 Å². The molecule has 1 N–H and O–H groups in total. The Balaban J connectivity index is 1.17. The van der Waals surface area contributed by atoms with E-state index >= 15 is 0 Å². The summed E-state index contributed by atoms with van der Waals surface area (Å²) >= 11 is 0.